The average Bonchev–Trinajstić information content (AvgIpc) is 2.92. The molecular weight excluding hydrogens is 381 g/mol. The summed E-state index contributed by atoms with van der Waals surface area (Å²) in [6.07, 6.45) is 1.65. The van der Waals surface area contributed by atoms with Crippen LogP contribution in [0.2, 0.25) is 0 Å². The van der Waals surface area contributed by atoms with E-state index in [-0.39, 0.29) is 24.8 Å². The molecule has 0 aliphatic carbocycles. The number of unbranched alkanes of at least 4 members (excludes halogenated alkanes) is 4. The molecule has 1 aliphatic heterocycles. The number of nitrogens with zero attached hydrogens (tertiary/aromatic N) is 2. The van der Waals surface area contributed by atoms with Gasteiger partial charge in [-0.3, -0.25) is 9.36 Å². The van der Waals surface area contributed by atoms with Crippen LogP contribution < -0.4 is 11.4 Å². The van der Waals surface area contributed by atoms with Crippen molar-refractivity contribution in [1.29, 1.82) is 0 Å². The Morgan fingerprint density at radius 3 is 2.72 bits per heavy atom. The zero-order valence-corrected chi connectivity index (χ0v) is 17.3. The van der Waals surface area contributed by atoms with Gasteiger partial charge in [0.2, 0.25) is 0 Å². The summed E-state index contributed by atoms with van der Waals surface area (Å²) in [5.74, 6) is -0.791. The molecule has 2 heterocycles. The van der Waals surface area contributed by atoms with Gasteiger partial charge < -0.3 is 20.3 Å². The largest absolute Gasteiger partial charge is 0.462 e. The van der Waals surface area contributed by atoms with Crippen LogP contribution in [-0.2, 0) is 14.3 Å². The van der Waals surface area contributed by atoms with Crippen molar-refractivity contribution in [2.75, 3.05) is 12.3 Å². The molecule has 164 valence electrons. The molecule has 0 amide bonds. The summed E-state index contributed by atoms with van der Waals surface area (Å²) < 4.78 is 27.0. The number of ether oxygens (including phenoxy) is 2. The lowest BCUT2D eigenvalue weighted by molar-refractivity contribution is -0.178. The highest BCUT2D eigenvalue weighted by molar-refractivity contribution is 5.69. The summed E-state index contributed by atoms with van der Waals surface area (Å²) in [6.45, 7) is 5.29. The molecule has 0 bridgehead atoms. The van der Waals surface area contributed by atoms with E-state index >= 15 is 0 Å². The first-order valence-electron chi connectivity index (χ1n) is 10.2. The molecule has 0 unspecified atom stereocenters. The maximum absolute atomic E-state index is 14.9. The van der Waals surface area contributed by atoms with Crippen molar-refractivity contribution in [2.45, 2.75) is 83.4 Å². The van der Waals surface area contributed by atoms with Gasteiger partial charge in [0.1, 0.15) is 24.1 Å². The fraction of sp³-hybridized carbons (Fsp3) is 0.750. The smallest absolute Gasteiger partial charge is 0.351 e. The first-order valence-corrected chi connectivity index (χ1v) is 10.2. The van der Waals surface area contributed by atoms with Crippen LogP contribution in [0.1, 0.15) is 65.5 Å². The summed E-state index contributed by atoms with van der Waals surface area (Å²) in [4.78, 5) is 27.7. The molecule has 1 aliphatic rings. The van der Waals surface area contributed by atoms with E-state index in [4.69, 9.17) is 15.2 Å². The number of nitrogen functional groups attached to an aromatic ring is 1. The molecule has 1 saturated heterocycles. The third kappa shape index (κ3) is 5.33. The van der Waals surface area contributed by atoms with Gasteiger partial charge in [-0.25, -0.2) is 9.18 Å². The van der Waals surface area contributed by atoms with Crippen molar-refractivity contribution in [2.24, 2.45) is 5.92 Å². The Hall–Kier alpha value is -2.00. The standard InChI is InChI=1S/C20H32FN3O5/c1-4-5-6-7-8-9-15(25)28-12-20(13(2)3)17(26)16(21)18(29-20)24-11-10-14(22)23-19(24)27/h10-11,13,16-18,26H,4-9,12H2,1-3H3,(H2,22,23,27)/t16-,17+,18-,20+/m1/s1. The van der Waals surface area contributed by atoms with Crippen molar-refractivity contribution >= 4 is 11.8 Å². The maximum Gasteiger partial charge on any atom is 0.351 e. The zero-order valence-electron chi connectivity index (χ0n) is 17.3. The van der Waals surface area contributed by atoms with Crippen molar-refractivity contribution in [3.63, 3.8) is 0 Å². The number of aliphatic hydroxyl groups excluding tert-OH is 1. The maximum atomic E-state index is 14.9. The predicted molar refractivity (Wildman–Crippen MR) is 106 cm³/mol. The molecule has 4 atom stereocenters. The molecule has 0 saturated carbocycles. The molecule has 3 N–H and O–H groups in total. The number of aliphatic hydroxyl groups is 1. The summed E-state index contributed by atoms with van der Waals surface area (Å²) in [5.41, 5.74) is 3.22. The molecule has 0 aromatic carbocycles. The molecule has 0 spiro atoms. The highest BCUT2D eigenvalue weighted by Crippen LogP contribution is 2.43. The lowest BCUT2D eigenvalue weighted by Gasteiger charge is -2.35. The van der Waals surface area contributed by atoms with Gasteiger partial charge in [0.25, 0.3) is 0 Å². The van der Waals surface area contributed by atoms with Gasteiger partial charge in [-0.2, -0.15) is 4.98 Å². The van der Waals surface area contributed by atoms with Crippen LogP contribution >= 0.6 is 0 Å². The monoisotopic (exact) mass is 413 g/mol. The van der Waals surface area contributed by atoms with Crippen molar-refractivity contribution < 1.29 is 23.8 Å². The van der Waals surface area contributed by atoms with Gasteiger partial charge >= 0.3 is 11.7 Å². The summed E-state index contributed by atoms with van der Waals surface area (Å²) in [5, 5.41) is 10.6. The van der Waals surface area contributed by atoms with Crippen LogP contribution in [0.4, 0.5) is 10.2 Å². The van der Waals surface area contributed by atoms with Crippen LogP contribution in [0.3, 0.4) is 0 Å². The van der Waals surface area contributed by atoms with E-state index in [1.807, 2.05) is 0 Å². The molecule has 2 rings (SSSR count). The summed E-state index contributed by atoms with van der Waals surface area (Å²) in [6, 6.07) is 1.35. The van der Waals surface area contributed by atoms with Crippen molar-refractivity contribution in [3.05, 3.63) is 22.7 Å². The average molecular weight is 413 g/mol. The second-order valence-electron chi connectivity index (χ2n) is 7.87. The topological polar surface area (TPSA) is 117 Å². The Labute approximate surface area is 170 Å². The quantitative estimate of drug-likeness (QED) is 0.447. The van der Waals surface area contributed by atoms with Gasteiger partial charge in [-0.1, -0.05) is 46.5 Å². The van der Waals surface area contributed by atoms with E-state index in [1.165, 1.54) is 12.3 Å². The van der Waals surface area contributed by atoms with Crippen molar-refractivity contribution in [1.82, 2.24) is 9.55 Å². The van der Waals surface area contributed by atoms with E-state index in [0.29, 0.717) is 0 Å². The number of anilines is 1. The predicted octanol–water partition coefficient (Wildman–Crippen LogP) is 2.35. The van der Waals surface area contributed by atoms with Crippen molar-refractivity contribution in [3.8, 4) is 0 Å². The lowest BCUT2D eigenvalue weighted by Crippen LogP contribution is -2.50. The molecule has 1 aromatic rings. The molecule has 1 fully saturated rings. The minimum atomic E-state index is -1.90. The number of aromatic nitrogens is 2. The minimum absolute atomic E-state index is 0.00296. The van der Waals surface area contributed by atoms with E-state index in [0.717, 1.165) is 36.7 Å². The summed E-state index contributed by atoms with van der Waals surface area (Å²) in [7, 11) is 0. The number of carbonyl (C=O) groups is 1. The second-order valence-corrected chi connectivity index (χ2v) is 7.87. The Kier molecular flexibility index (Phi) is 8.15. The van der Waals surface area contributed by atoms with Crippen LogP contribution in [0.15, 0.2) is 17.1 Å². The second kappa shape index (κ2) is 10.2. The molecule has 1 aromatic heterocycles. The van der Waals surface area contributed by atoms with Gasteiger partial charge in [0.05, 0.1) is 0 Å². The van der Waals surface area contributed by atoms with Crippen LogP contribution in [0, 0.1) is 5.92 Å². The first-order chi connectivity index (χ1) is 13.7. The molecule has 29 heavy (non-hydrogen) atoms. The Bertz CT molecular complexity index is 741. The molecule has 8 nitrogen and oxygen atoms in total. The Morgan fingerprint density at radius 1 is 1.41 bits per heavy atom. The van der Waals surface area contributed by atoms with Gasteiger partial charge in [-0.15, -0.1) is 0 Å². The van der Waals surface area contributed by atoms with E-state index in [1.54, 1.807) is 13.8 Å². The lowest BCUT2D eigenvalue weighted by atomic mass is 9.85. The molecule has 0 radical (unpaired) electrons. The third-order valence-corrected chi connectivity index (χ3v) is 5.46. The third-order valence-electron chi connectivity index (χ3n) is 5.46. The number of carbonyl (C=O) groups excluding carboxylic acids is 1. The van der Waals surface area contributed by atoms with Gasteiger partial charge in [0, 0.05) is 12.6 Å². The number of nitrogens with two attached hydrogens (primary N) is 1. The van der Waals surface area contributed by atoms with Gasteiger partial charge in [-0.05, 0) is 18.4 Å². The highest BCUT2D eigenvalue weighted by Gasteiger charge is 2.58. The Morgan fingerprint density at radius 2 is 2.10 bits per heavy atom. The SMILES string of the molecule is CCCCCCCC(=O)OC[C@@]1(C(C)C)O[C@@H](n2ccc(N)nc2=O)[C@H](F)[C@@H]1O. The van der Waals surface area contributed by atoms with Crippen LogP contribution in [0.25, 0.3) is 0 Å². The highest BCUT2D eigenvalue weighted by atomic mass is 19.1. The minimum Gasteiger partial charge on any atom is -0.462 e. The first kappa shape index (κ1) is 23.3. The van der Waals surface area contributed by atoms with E-state index < -0.39 is 35.8 Å². The number of esters is 1. The van der Waals surface area contributed by atoms with Crippen LogP contribution in [-0.4, -0.2) is 45.1 Å². The zero-order chi connectivity index (χ0) is 21.6. The Balaban J connectivity index is 2.06. The van der Waals surface area contributed by atoms with Crippen LogP contribution in [0.5, 0.6) is 0 Å². The molecular formula is C20H32FN3O5. The number of hydrogen-bond acceptors (Lipinski definition) is 7. The fourth-order valence-electron chi connectivity index (χ4n) is 3.52. The summed E-state index contributed by atoms with van der Waals surface area (Å²) >= 11 is 0. The van der Waals surface area contributed by atoms with Gasteiger partial charge in [0.15, 0.2) is 12.4 Å². The number of alkyl halides is 1. The number of halogens is 1. The fourth-order valence-corrected chi connectivity index (χ4v) is 3.52. The van der Waals surface area contributed by atoms with E-state index in [9.17, 15) is 19.1 Å². The molecule has 9 heteroatoms. The van der Waals surface area contributed by atoms with E-state index in [2.05, 4.69) is 11.9 Å². The normalized spacial score (nSPS) is 26.8. The number of rotatable bonds is 10. The number of hydrogen-bond donors (Lipinski definition) is 2.